The van der Waals surface area contributed by atoms with Crippen molar-refractivity contribution in [2.45, 2.75) is 36.0 Å². The van der Waals surface area contributed by atoms with Crippen LogP contribution in [-0.4, -0.2) is 14.3 Å². The maximum absolute atomic E-state index is 13.2. The summed E-state index contributed by atoms with van der Waals surface area (Å²) in [6.45, 7) is 2.93. The van der Waals surface area contributed by atoms with Gasteiger partial charge in [0, 0.05) is 28.6 Å². The standard InChI is InChI=1S/C20H18Cl3FN2S/c1-20(12-26-11-10-25-13-26,9-8-14-2-4-15(24)5-3-14)27-17-7-6-16(21)18(22)19(17)23/h2-7,10-11,13H,8-9,12H2,1H3. The molecular formula is C20H18Cl3FN2S. The molecule has 2 nitrogen and oxygen atoms in total. The van der Waals surface area contributed by atoms with Crippen LogP contribution in [0.5, 0.6) is 0 Å². The van der Waals surface area contributed by atoms with Gasteiger partial charge in [-0.1, -0.05) is 46.9 Å². The Morgan fingerprint density at radius 3 is 2.48 bits per heavy atom. The number of rotatable bonds is 7. The molecule has 3 aromatic rings. The molecule has 0 N–H and O–H groups in total. The highest BCUT2D eigenvalue weighted by Gasteiger charge is 2.28. The number of hydrogen-bond acceptors (Lipinski definition) is 2. The van der Waals surface area contributed by atoms with Gasteiger partial charge in [0.1, 0.15) is 5.82 Å². The van der Waals surface area contributed by atoms with Crippen molar-refractivity contribution < 1.29 is 4.39 Å². The van der Waals surface area contributed by atoms with E-state index in [9.17, 15) is 4.39 Å². The summed E-state index contributed by atoms with van der Waals surface area (Å²) in [4.78, 5) is 5.01. The number of aromatic nitrogens is 2. The quantitative estimate of drug-likeness (QED) is 0.284. The maximum Gasteiger partial charge on any atom is 0.123 e. The number of benzene rings is 2. The molecule has 142 valence electrons. The number of hydrogen-bond donors (Lipinski definition) is 0. The molecule has 0 amide bonds. The Balaban J connectivity index is 1.83. The zero-order valence-electron chi connectivity index (χ0n) is 14.6. The second-order valence-corrected chi connectivity index (χ2v) is 9.38. The summed E-state index contributed by atoms with van der Waals surface area (Å²) in [6, 6.07) is 10.3. The lowest BCUT2D eigenvalue weighted by atomic mass is 10.00. The van der Waals surface area contributed by atoms with E-state index in [1.54, 1.807) is 30.4 Å². The fourth-order valence-corrected chi connectivity index (χ4v) is 4.82. The lowest BCUT2D eigenvalue weighted by molar-refractivity contribution is 0.495. The molecule has 0 saturated carbocycles. The van der Waals surface area contributed by atoms with Gasteiger partial charge in [-0.2, -0.15) is 0 Å². The Morgan fingerprint density at radius 2 is 1.81 bits per heavy atom. The average Bonchev–Trinajstić information content (AvgIpc) is 3.15. The van der Waals surface area contributed by atoms with Crippen LogP contribution in [0.25, 0.3) is 0 Å². The molecule has 0 saturated heterocycles. The van der Waals surface area contributed by atoms with Crippen LogP contribution >= 0.6 is 46.6 Å². The molecule has 0 aliphatic rings. The second-order valence-electron chi connectivity index (χ2n) is 6.59. The van der Waals surface area contributed by atoms with Crippen molar-refractivity contribution in [3.05, 3.63) is 81.6 Å². The molecular weight excluding hydrogens is 426 g/mol. The van der Waals surface area contributed by atoms with Crippen LogP contribution < -0.4 is 0 Å². The molecule has 0 fully saturated rings. The minimum Gasteiger partial charge on any atom is -0.336 e. The van der Waals surface area contributed by atoms with E-state index in [0.29, 0.717) is 15.1 Å². The smallest absolute Gasteiger partial charge is 0.123 e. The van der Waals surface area contributed by atoms with E-state index >= 15 is 0 Å². The topological polar surface area (TPSA) is 17.8 Å². The fourth-order valence-electron chi connectivity index (χ4n) is 2.84. The van der Waals surface area contributed by atoms with Crippen molar-refractivity contribution in [3.63, 3.8) is 0 Å². The summed E-state index contributed by atoms with van der Waals surface area (Å²) in [5.74, 6) is -0.225. The Bertz CT molecular complexity index is 900. The predicted octanol–water partition coefficient (Wildman–Crippen LogP) is 7.17. The molecule has 2 aromatic carbocycles. The van der Waals surface area contributed by atoms with E-state index in [1.165, 1.54) is 12.1 Å². The van der Waals surface area contributed by atoms with E-state index in [0.717, 1.165) is 29.8 Å². The van der Waals surface area contributed by atoms with Gasteiger partial charge in [-0.25, -0.2) is 9.37 Å². The SMILES string of the molecule is CC(CCc1ccc(F)cc1)(Cn1ccnc1)Sc1ccc(Cl)c(Cl)c1Cl. The predicted molar refractivity (Wildman–Crippen MR) is 113 cm³/mol. The first kappa shape index (κ1) is 20.5. The minimum atomic E-state index is -0.225. The number of thioether (sulfide) groups is 1. The van der Waals surface area contributed by atoms with Gasteiger partial charge in [0.15, 0.2) is 0 Å². The van der Waals surface area contributed by atoms with Gasteiger partial charge in [0.2, 0.25) is 0 Å². The van der Waals surface area contributed by atoms with Crippen LogP contribution in [-0.2, 0) is 13.0 Å². The second kappa shape index (κ2) is 8.87. The van der Waals surface area contributed by atoms with Gasteiger partial charge >= 0.3 is 0 Å². The first-order valence-corrected chi connectivity index (χ1v) is 10.3. The largest absolute Gasteiger partial charge is 0.336 e. The van der Waals surface area contributed by atoms with Crippen molar-refractivity contribution in [2.75, 3.05) is 0 Å². The number of aryl methyl sites for hydroxylation is 1. The van der Waals surface area contributed by atoms with Crippen LogP contribution in [0, 0.1) is 5.82 Å². The third-order valence-corrected chi connectivity index (χ3v) is 7.08. The van der Waals surface area contributed by atoms with Crippen LogP contribution in [0.1, 0.15) is 18.9 Å². The molecule has 1 unspecified atom stereocenters. The van der Waals surface area contributed by atoms with E-state index in [-0.39, 0.29) is 10.6 Å². The van der Waals surface area contributed by atoms with Crippen molar-refractivity contribution in [3.8, 4) is 0 Å². The third-order valence-electron chi connectivity index (χ3n) is 4.29. The number of nitrogens with zero attached hydrogens (tertiary/aromatic N) is 2. The fraction of sp³-hybridized carbons (Fsp3) is 0.250. The van der Waals surface area contributed by atoms with Crippen molar-refractivity contribution >= 4 is 46.6 Å². The maximum atomic E-state index is 13.2. The molecule has 0 radical (unpaired) electrons. The van der Waals surface area contributed by atoms with Crippen molar-refractivity contribution in [2.24, 2.45) is 0 Å². The highest BCUT2D eigenvalue weighted by atomic mass is 35.5. The van der Waals surface area contributed by atoms with E-state index in [4.69, 9.17) is 34.8 Å². The molecule has 0 spiro atoms. The Labute approximate surface area is 177 Å². The summed E-state index contributed by atoms with van der Waals surface area (Å²) in [5.41, 5.74) is 1.09. The van der Waals surface area contributed by atoms with E-state index in [2.05, 4.69) is 11.9 Å². The van der Waals surface area contributed by atoms with Crippen LogP contribution in [0.4, 0.5) is 4.39 Å². The van der Waals surface area contributed by atoms with E-state index in [1.807, 2.05) is 29.0 Å². The third kappa shape index (κ3) is 5.41. The number of halogens is 4. The Hall–Kier alpha value is -1.20. The van der Waals surface area contributed by atoms with Gasteiger partial charge in [-0.15, -0.1) is 11.8 Å². The lowest BCUT2D eigenvalue weighted by Gasteiger charge is -2.30. The molecule has 1 aromatic heterocycles. The summed E-state index contributed by atoms with van der Waals surface area (Å²) < 4.78 is 15.0. The van der Waals surface area contributed by atoms with Gasteiger partial charge in [0.25, 0.3) is 0 Å². The number of imidazole rings is 1. The van der Waals surface area contributed by atoms with E-state index < -0.39 is 0 Å². The summed E-state index contributed by atoms with van der Waals surface area (Å²) in [5, 5.41) is 1.27. The van der Waals surface area contributed by atoms with Crippen molar-refractivity contribution in [1.82, 2.24) is 9.55 Å². The van der Waals surface area contributed by atoms with Gasteiger partial charge in [0.05, 0.1) is 21.4 Å². The lowest BCUT2D eigenvalue weighted by Crippen LogP contribution is -2.27. The molecule has 7 heteroatoms. The zero-order chi connectivity index (χ0) is 19.4. The molecule has 3 rings (SSSR count). The average molecular weight is 444 g/mol. The van der Waals surface area contributed by atoms with Crippen LogP contribution in [0.3, 0.4) is 0 Å². The van der Waals surface area contributed by atoms with Crippen LogP contribution in [0.2, 0.25) is 15.1 Å². The summed E-state index contributed by atoms with van der Waals surface area (Å²) in [7, 11) is 0. The molecule has 1 heterocycles. The molecule has 27 heavy (non-hydrogen) atoms. The molecule has 1 atom stereocenters. The van der Waals surface area contributed by atoms with Crippen LogP contribution in [0.15, 0.2) is 60.0 Å². The first-order valence-electron chi connectivity index (χ1n) is 8.39. The highest BCUT2D eigenvalue weighted by Crippen LogP contribution is 2.44. The molecule has 0 bridgehead atoms. The zero-order valence-corrected chi connectivity index (χ0v) is 17.7. The van der Waals surface area contributed by atoms with Gasteiger partial charge in [-0.3, -0.25) is 0 Å². The van der Waals surface area contributed by atoms with Gasteiger partial charge in [-0.05, 0) is 49.6 Å². The minimum absolute atomic E-state index is 0.185. The monoisotopic (exact) mass is 442 g/mol. The summed E-state index contributed by atoms with van der Waals surface area (Å²) in [6.07, 6.45) is 7.17. The first-order chi connectivity index (χ1) is 12.9. The normalized spacial score (nSPS) is 13.5. The Morgan fingerprint density at radius 1 is 1.07 bits per heavy atom. The summed E-state index contributed by atoms with van der Waals surface area (Å²) >= 11 is 20.4. The van der Waals surface area contributed by atoms with Crippen molar-refractivity contribution in [1.29, 1.82) is 0 Å². The molecule has 0 aliphatic carbocycles. The molecule has 0 aliphatic heterocycles. The Kier molecular flexibility index (Phi) is 6.74. The van der Waals surface area contributed by atoms with Gasteiger partial charge < -0.3 is 4.57 Å². The highest BCUT2D eigenvalue weighted by molar-refractivity contribution is 8.00.